The SMILES string of the molecule is Cc1nc(SCC(=O)N(Cc2cccs2)C2CCS(=O)(=O)C2)n(C2CCCCC2)c1C. The van der Waals surface area contributed by atoms with Crippen LogP contribution >= 0.6 is 23.1 Å². The number of hydrogen-bond acceptors (Lipinski definition) is 6. The van der Waals surface area contributed by atoms with E-state index >= 15 is 0 Å². The highest BCUT2D eigenvalue weighted by Crippen LogP contribution is 2.34. The van der Waals surface area contributed by atoms with Crippen molar-refractivity contribution in [2.75, 3.05) is 17.3 Å². The highest BCUT2D eigenvalue weighted by molar-refractivity contribution is 7.99. The summed E-state index contributed by atoms with van der Waals surface area (Å²) in [6, 6.07) is 4.20. The van der Waals surface area contributed by atoms with E-state index in [9.17, 15) is 13.2 Å². The zero-order chi connectivity index (χ0) is 22.0. The van der Waals surface area contributed by atoms with Crippen molar-refractivity contribution in [3.63, 3.8) is 0 Å². The van der Waals surface area contributed by atoms with Crippen LogP contribution in [0.25, 0.3) is 0 Å². The maximum atomic E-state index is 13.3. The molecule has 2 aromatic heterocycles. The minimum absolute atomic E-state index is 0.00556. The molecule has 1 atom stereocenters. The Bertz CT molecular complexity index is 1010. The maximum Gasteiger partial charge on any atom is 0.233 e. The molecular weight excluding hydrogens is 450 g/mol. The zero-order valence-electron chi connectivity index (χ0n) is 18.2. The van der Waals surface area contributed by atoms with Gasteiger partial charge in [0.1, 0.15) is 0 Å². The van der Waals surface area contributed by atoms with Gasteiger partial charge in [-0.2, -0.15) is 0 Å². The predicted octanol–water partition coefficient (Wildman–Crippen LogP) is 4.37. The van der Waals surface area contributed by atoms with Gasteiger partial charge in [-0.05, 0) is 44.6 Å². The molecule has 2 aromatic rings. The number of rotatable bonds is 7. The molecule has 1 unspecified atom stereocenters. The van der Waals surface area contributed by atoms with Crippen LogP contribution < -0.4 is 0 Å². The summed E-state index contributed by atoms with van der Waals surface area (Å²) in [4.78, 5) is 20.9. The van der Waals surface area contributed by atoms with Gasteiger partial charge in [-0.3, -0.25) is 4.79 Å². The van der Waals surface area contributed by atoms with Crippen molar-refractivity contribution in [2.45, 2.75) is 76.2 Å². The number of aryl methyl sites for hydroxylation is 1. The van der Waals surface area contributed by atoms with Crippen LogP contribution in [0, 0.1) is 13.8 Å². The summed E-state index contributed by atoms with van der Waals surface area (Å²) in [5, 5.41) is 2.91. The Morgan fingerprint density at radius 1 is 1.26 bits per heavy atom. The minimum atomic E-state index is -3.06. The van der Waals surface area contributed by atoms with Crippen LogP contribution in [-0.4, -0.2) is 52.1 Å². The first-order valence-corrected chi connectivity index (χ1v) is 14.7. The summed E-state index contributed by atoms with van der Waals surface area (Å²) in [7, 11) is -3.06. The van der Waals surface area contributed by atoms with E-state index in [1.165, 1.54) is 49.6 Å². The van der Waals surface area contributed by atoms with E-state index in [2.05, 4.69) is 11.5 Å². The lowest BCUT2D eigenvalue weighted by molar-refractivity contribution is -0.130. The fraction of sp³-hybridized carbons (Fsp3) is 0.636. The van der Waals surface area contributed by atoms with Gasteiger partial charge in [0.05, 0.1) is 29.5 Å². The molecule has 31 heavy (non-hydrogen) atoms. The van der Waals surface area contributed by atoms with Gasteiger partial charge in [0.2, 0.25) is 5.91 Å². The van der Waals surface area contributed by atoms with Crippen LogP contribution in [0.3, 0.4) is 0 Å². The van der Waals surface area contributed by atoms with E-state index in [-0.39, 0.29) is 29.2 Å². The predicted molar refractivity (Wildman–Crippen MR) is 126 cm³/mol. The van der Waals surface area contributed by atoms with Gasteiger partial charge in [-0.15, -0.1) is 11.3 Å². The summed E-state index contributed by atoms with van der Waals surface area (Å²) in [5.74, 6) is 0.520. The largest absolute Gasteiger partial charge is 0.333 e. The summed E-state index contributed by atoms with van der Waals surface area (Å²) in [6.45, 7) is 4.63. The van der Waals surface area contributed by atoms with Crippen molar-refractivity contribution in [2.24, 2.45) is 0 Å². The number of thiophene rings is 1. The average molecular weight is 482 g/mol. The average Bonchev–Trinajstić information content (AvgIpc) is 3.45. The van der Waals surface area contributed by atoms with Gasteiger partial charge in [-0.25, -0.2) is 13.4 Å². The van der Waals surface area contributed by atoms with Crippen molar-refractivity contribution in [1.29, 1.82) is 0 Å². The second kappa shape index (κ2) is 9.67. The number of hydrogen-bond donors (Lipinski definition) is 0. The van der Waals surface area contributed by atoms with Gasteiger partial charge in [0.25, 0.3) is 0 Å². The molecule has 1 saturated heterocycles. The van der Waals surface area contributed by atoms with Crippen molar-refractivity contribution in [1.82, 2.24) is 14.5 Å². The Labute approximate surface area is 193 Å². The van der Waals surface area contributed by atoms with E-state index < -0.39 is 9.84 Å². The lowest BCUT2D eigenvalue weighted by atomic mass is 9.95. The van der Waals surface area contributed by atoms with Crippen LogP contribution in [0.5, 0.6) is 0 Å². The lowest BCUT2D eigenvalue weighted by Crippen LogP contribution is -2.41. The molecule has 0 aromatic carbocycles. The van der Waals surface area contributed by atoms with E-state index in [1.54, 1.807) is 16.2 Å². The number of imidazole rings is 1. The molecule has 2 aliphatic rings. The molecule has 3 heterocycles. The molecular formula is C22H31N3O3S3. The van der Waals surface area contributed by atoms with Crippen molar-refractivity contribution < 1.29 is 13.2 Å². The molecule has 1 aliphatic carbocycles. The van der Waals surface area contributed by atoms with Crippen LogP contribution in [0.4, 0.5) is 0 Å². The molecule has 170 valence electrons. The minimum Gasteiger partial charge on any atom is -0.333 e. The summed E-state index contributed by atoms with van der Waals surface area (Å²) in [5.41, 5.74) is 2.22. The molecule has 0 N–H and O–H groups in total. The summed E-state index contributed by atoms with van der Waals surface area (Å²) >= 11 is 3.10. The fourth-order valence-electron chi connectivity index (χ4n) is 4.69. The third kappa shape index (κ3) is 5.37. The number of carbonyl (C=O) groups excluding carboxylic acids is 1. The quantitative estimate of drug-likeness (QED) is 0.549. The first-order valence-electron chi connectivity index (χ1n) is 11.0. The second-order valence-corrected chi connectivity index (χ2v) is 12.9. The van der Waals surface area contributed by atoms with Crippen molar-refractivity contribution >= 4 is 38.8 Å². The van der Waals surface area contributed by atoms with E-state index in [0.717, 1.165) is 15.7 Å². The van der Waals surface area contributed by atoms with E-state index in [1.807, 2.05) is 24.4 Å². The lowest BCUT2D eigenvalue weighted by Gasteiger charge is -2.28. The standard InChI is InChI=1S/C22H31N3O3S3/c1-16-17(2)25(18-7-4-3-5-8-18)22(23-16)30-14-21(26)24(13-20-9-6-11-29-20)19-10-12-31(27,28)15-19/h6,9,11,18-19H,3-5,7-8,10,12-15H2,1-2H3. The van der Waals surface area contributed by atoms with Crippen LogP contribution in [0.15, 0.2) is 22.7 Å². The molecule has 1 amide bonds. The number of sulfone groups is 1. The van der Waals surface area contributed by atoms with E-state index in [0.29, 0.717) is 19.0 Å². The number of aromatic nitrogens is 2. The fourth-order valence-corrected chi connectivity index (χ4v) is 8.17. The molecule has 0 radical (unpaired) electrons. The van der Waals surface area contributed by atoms with E-state index in [4.69, 9.17) is 4.98 Å². The highest BCUT2D eigenvalue weighted by Gasteiger charge is 2.35. The molecule has 9 heteroatoms. The van der Waals surface area contributed by atoms with Gasteiger partial charge in [0.15, 0.2) is 15.0 Å². The Hall–Kier alpha value is -1.32. The monoisotopic (exact) mass is 481 g/mol. The Kier molecular flexibility index (Phi) is 7.13. The van der Waals surface area contributed by atoms with Gasteiger partial charge in [0, 0.05) is 22.7 Å². The number of amides is 1. The van der Waals surface area contributed by atoms with Gasteiger partial charge in [-0.1, -0.05) is 37.1 Å². The number of nitrogens with zero attached hydrogens (tertiary/aromatic N) is 3. The first kappa shape index (κ1) is 22.9. The summed E-state index contributed by atoms with van der Waals surface area (Å²) < 4.78 is 26.5. The molecule has 4 rings (SSSR count). The van der Waals surface area contributed by atoms with Crippen molar-refractivity contribution in [3.05, 3.63) is 33.8 Å². The molecule has 0 spiro atoms. The molecule has 0 bridgehead atoms. The van der Waals surface area contributed by atoms with Gasteiger partial charge < -0.3 is 9.47 Å². The smallest absolute Gasteiger partial charge is 0.233 e. The topological polar surface area (TPSA) is 72.3 Å². The maximum absolute atomic E-state index is 13.3. The molecule has 6 nitrogen and oxygen atoms in total. The highest BCUT2D eigenvalue weighted by atomic mass is 32.2. The Morgan fingerprint density at radius 2 is 2.03 bits per heavy atom. The normalized spacial score (nSPS) is 21.4. The Morgan fingerprint density at radius 3 is 2.68 bits per heavy atom. The Balaban J connectivity index is 1.49. The van der Waals surface area contributed by atoms with Crippen LogP contribution in [-0.2, 0) is 21.2 Å². The third-order valence-electron chi connectivity index (χ3n) is 6.49. The van der Waals surface area contributed by atoms with Crippen molar-refractivity contribution in [3.8, 4) is 0 Å². The molecule has 1 aliphatic heterocycles. The molecule has 1 saturated carbocycles. The first-order chi connectivity index (χ1) is 14.8. The molecule has 2 fully saturated rings. The van der Waals surface area contributed by atoms with Crippen LogP contribution in [0.2, 0.25) is 0 Å². The van der Waals surface area contributed by atoms with Crippen LogP contribution in [0.1, 0.15) is 60.8 Å². The number of thioether (sulfide) groups is 1. The zero-order valence-corrected chi connectivity index (χ0v) is 20.7. The number of carbonyl (C=O) groups is 1. The second-order valence-electron chi connectivity index (χ2n) is 8.67. The van der Waals surface area contributed by atoms with Gasteiger partial charge >= 0.3 is 0 Å². The summed E-state index contributed by atoms with van der Waals surface area (Å²) in [6.07, 6.45) is 6.65. The third-order valence-corrected chi connectivity index (χ3v) is 10.0.